The molecule has 2 aromatic rings. The maximum atomic E-state index is 13.4. The Morgan fingerprint density at radius 3 is 1.39 bits per heavy atom. The van der Waals surface area contributed by atoms with Gasteiger partial charge >= 0.3 is 29.8 Å². The zero-order valence-corrected chi connectivity index (χ0v) is 32.4. The molecular weight excluding hydrogens is 756 g/mol. The smallest absolute Gasteiger partial charge is 0.338 e. The third kappa shape index (κ3) is 10.5. The second-order valence-corrected chi connectivity index (χ2v) is 13.7. The zero-order chi connectivity index (χ0) is 41.6. The second-order valence-electron chi connectivity index (χ2n) is 13.7. The predicted octanol–water partition coefficient (Wildman–Crippen LogP) is 1.61. The van der Waals surface area contributed by atoms with Gasteiger partial charge in [0.2, 0.25) is 0 Å². The van der Waals surface area contributed by atoms with Crippen molar-refractivity contribution in [2.45, 2.75) is 134 Å². The molecule has 0 saturated carbocycles. The summed E-state index contributed by atoms with van der Waals surface area (Å²) in [6.45, 7) is 7.83. The van der Waals surface area contributed by atoms with E-state index in [0.717, 1.165) is 20.8 Å². The van der Waals surface area contributed by atoms with Gasteiger partial charge in [0.15, 0.2) is 49.4 Å². The van der Waals surface area contributed by atoms with Crippen molar-refractivity contribution in [3.63, 3.8) is 0 Å². The molecule has 3 heterocycles. The molecular formula is C39H48O18. The van der Waals surface area contributed by atoms with Crippen LogP contribution in [0.25, 0.3) is 0 Å². The van der Waals surface area contributed by atoms with Crippen molar-refractivity contribution in [1.82, 2.24) is 0 Å². The maximum Gasteiger partial charge on any atom is 0.338 e. The van der Waals surface area contributed by atoms with E-state index in [2.05, 4.69) is 0 Å². The number of hydrogen-bond acceptors (Lipinski definition) is 18. The zero-order valence-electron chi connectivity index (χ0n) is 32.4. The number of hydrogen-bond donors (Lipinski definition) is 2. The van der Waals surface area contributed by atoms with Gasteiger partial charge < -0.3 is 62.3 Å². The van der Waals surface area contributed by atoms with Crippen LogP contribution in [0.2, 0.25) is 0 Å². The van der Waals surface area contributed by atoms with Gasteiger partial charge in [-0.3, -0.25) is 14.4 Å². The summed E-state index contributed by atoms with van der Waals surface area (Å²) in [6.07, 6.45) is -21.2. The van der Waals surface area contributed by atoms with Crippen molar-refractivity contribution in [3.8, 4) is 0 Å². The molecule has 0 aromatic heterocycles. The van der Waals surface area contributed by atoms with Gasteiger partial charge in [-0.15, -0.1) is 0 Å². The normalized spacial score (nSPS) is 35.3. The lowest BCUT2D eigenvalue weighted by Crippen LogP contribution is -2.66. The van der Waals surface area contributed by atoms with Gasteiger partial charge in [0.1, 0.15) is 24.4 Å². The van der Waals surface area contributed by atoms with E-state index in [9.17, 15) is 34.2 Å². The highest BCUT2D eigenvalue weighted by atomic mass is 16.8. The van der Waals surface area contributed by atoms with Gasteiger partial charge in [-0.25, -0.2) is 9.59 Å². The third-order valence-electron chi connectivity index (χ3n) is 9.46. The average molecular weight is 805 g/mol. The first-order valence-corrected chi connectivity index (χ1v) is 18.3. The lowest BCUT2D eigenvalue weighted by molar-refractivity contribution is -0.374. The van der Waals surface area contributed by atoms with E-state index in [0.29, 0.717) is 0 Å². The molecule has 0 spiro atoms. The Kier molecular flexibility index (Phi) is 14.7. The van der Waals surface area contributed by atoms with Crippen LogP contribution < -0.4 is 0 Å². The van der Waals surface area contributed by atoms with Crippen molar-refractivity contribution < 1.29 is 86.3 Å². The van der Waals surface area contributed by atoms with Crippen LogP contribution >= 0.6 is 0 Å². The van der Waals surface area contributed by atoms with Crippen LogP contribution in [-0.2, 0) is 66.5 Å². The molecule has 0 amide bonds. The summed E-state index contributed by atoms with van der Waals surface area (Å²) in [4.78, 5) is 63.4. The van der Waals surface area contributed by atoms with Crippen molar-refractivity contribution in [1.29, 1.82) is 0 Å². The fourth-order valence-corrected chi connectivity index (χ4v) is 6.80. The summed E-state index contributed by atoms with van der Waals surface area (Å²) in [5.41, 5.74) is 0.370. The number of aliphatic hydroxyl groups is 2. The lowest BCUT2D eigenvalue weighted by atomic mass is 9.96. The summed E-state index contributed by atoms with van der Waals surface area (Å²) >= 11 is 0. The molecule has 0 bridgehead atoms. The lowest BCUT2D eigenvalue weighted by Gasteiger charge is -2.49. The van der Waals surface area contributed by atoms with E-state index in [-0.39, 0.29) is 11.1 Å². The number of benzene rings is 2. The van der Waals surface area contributed by atoms with Crippen LogP contribution in [0.1, 0.15) is 62.3 Å². The number of carbonyl (C=O) groups is 5. The van der Waals surface area contributed by atoms with E-state index >= 15 is 0 Å². The van der Waals surface area contributed by atoms with Gasteiger partial charge in [-0.05, 0) is 45.0 Å². The number of esters is 5. The predicted molar refractivity (Wildman–Crippen MR) is 190 cm³/mol. The summed E-state index contributed by atoms with van der Waals surface area (Å²) in [5.74, 6) is -3.95. The molecule has 18 heteroatoms. The fraction of sp³-hybridized carbons (Fsp3) is 0.564. The summed E-state index contributed by atoms with van der Waals surface area (Å²) in [7, 11) is 1.31. The number of aliphatic hydroxyl groups excluding tert-OH is 2. The highest BCUT2D eigenvalue weighted by molar-refractivity contribution is 5.90. The molecule has 0 radical (unpaired) electrons. The summed E-state index contributed by atoms with van der Waals surface area (Å²) in [6, 6.07) is 16.1. The standard InChI is InChI=1S/C39H48O18/c1-18-26(43)30(56-39-34(53-23(6)42)31(52-22(5)41)28(19(2)50-39)51-21(4)40)27(44)37(48-18)57-32-29(54-35(45)24-14-10-8-11-15-24)20(3)49-38(47-7)33(32)55-36(46)25-16-12-9-13-17-25/h8-20,26-34,37-39,43-44H,1-7H3/t18-,19-,20-,26-,27+,28-,29-,30+,31+,32+,33+,34+,37-,38+,39-/m0/s1. The maximum absolute atomic E-state index is 13.4. The number of carbonyl (C=O) groups excluding carboxylic acids is 5. The molecule has 3 aliphatic heterocycles. The molecule has 2 aromatic carbocycles. The highest BCUT2D eigenvalue weighted by Crippen LogP contribution is 2.36. The van der Waals surface area contributed by atoms with Crippen LogP contribution in [-0.4, -0.2) is 139 Å². The second kappa shape index (κ2) is 19.3. The summed E-state index contributed by atoms with van der Waals surface area (Å²) in [5, 5.41) is 23.2. The summed E-state index contributed by atoms with van der Waals surface area (Å²) < 4.78 is 64.2. The van der Waals surface area contributed by atoms with Gasteiger partial charge in [-0.2, -0.15) is 0 Å². The molecule has 0 aliphatic carbocycles. The molecule has 312 valence electrons. The van der Waals surface area contributed by atoms with Crippen LogP contribution in [0.4, 0.5) is 0 Å². The van der Waals surface area contributed by atoms with E-state index in [4.69, 9.17) is 52.1 Å². The molecule has 5 rings (SSSR count). The molecule has 3 saturated heterocycles. The average Bonchev–Trinajstić information content (AvgIpc) is 3.17. The van der Waals surface area contributed by atoms with E-state index < -0.39 is 122 Å². The minimum Gasteiger partial charge on any atom is -0.456 e. The van der Waals surface area contributed by atoms with E-state index in [1.807, 2.05) is 0 Å². The van der Waals surface area contributed by atoms with Crippen molar-refractivity contribution in [3.05, 3.63) is 71.8 Å². The molecule has 57 heavy (non-hydrogen) atoms. The largest absolute Gasteiger partial charge is 0.456 e. The molecule has 2 N–H and O–H groups in total. The van der Waals surface area contributed by atoms with E-state index in [1.54, 1.807) is 43.3 Å². The SMILES string of the molecule is CO[C@@H]1O[C@@H](C)[C@H](OC(=O)c2ccccc2)[C@@H](O[C@@H]2O[C@@H](C)[C@H](O)[C@@H](O[C@@H]3O[C@@H](C)[C@H](OC(C)=O)[C@@H](OC(C)=O)[C@H]3OC(C)=O)[C@H]2O)[C@H]1OC(=O)c1ccccc1. The third-order valence-corrected chi connectivity index (χ3v) is 9.46. The first kappa shape index (κ1) is 43.6. The molecule has 3 aliphatic rings. The molecule has 18 nitrogen and oxygen atoms in total. The van der Waals surface area contributed by atoms with Crippen molar-refractivity contribution >= 4 is 29.8 Å². The van der Waals surface area contributed by atoms with Gasteiger partial charge in [-0.1, -0.05) is 36.4 Å². The Balaban J connectivity index is 1.47. The quantitative estimate of drug-likeness (QED) is 0.229. The minimum absolute atomic E-state index is 0.175. The fourth-order valence-electron chi connectivity index (χ4n) is 6.80. The Labute approximate surface area is 328 Å². The number of rotatable bonds is 12. The Morgan fingerprint density at radius 2 is 0.877 bits per heavy atom. The Bertz CT molecular complexity index is 1690. The van der Waals surface area contributed by atoms with Crippen molar-refractivity contribution in [2.75, 3.05) is 7.11 Å². The van der Waals surface area contributed by atoms with Crippen LogP contribution in [0.5, 0.6) is 0 Å². The topological polar surface area (TPSA) is 227 Å². The molecule has 15 atom stereocenters. The van der Waals surface area contributed by atoms with Gasteiger partial charge in [0.05, 0.1) is 29.4 Å². The minimum atomic E-state index is -1.87. The van der Waals surface area contributed by atoms with Crippen LogP contribution in [0.3, 0.4) is 0 Å². The monoisotopic (exact) mass is 804 g/mol. The van der Waals surface area contributed by atoms with Gasteiger partial charge in [0, 0.05) is 27.9 Å². The van der Waals surface area contributed by atoms with Gasteiger partial charge in [0.25, 0.3) is 0 Å². The molecule has 3 fully saturated rings. The Hall–Kier alpha value is -4.53. The first-order chi connectivity index (χ1) is 27.1. The van der Waals surface area contributed by atoms with Crippen LogP contribution in [0.15, 0.2) is 60.7 Å². The van der Waals surface area contributed by atoms with E-state index in [1.165, 1.54) is 45.2 Å². The molecule has 0 unspecified atom stereocenters. The van der Waals surface area contributed by atoms with Crippen LogP contribution in [0, 0.1) is 0 Å². The van der Waals surface area contributed by atoms with Crippen molar-refractivity contribution in [2.24, 2.45) is 0 Å². The number of ether oxygens (including phenoxy) is 11. The highest BCUT2D eigenvalue weighted by Gasteiger charge is 2.56. The first-order valence-electron chi connectivity index (χ1n) is 18.3. The number of methoxy groups -OCH3 is 1. The Morgan fingerprint density at radius 1 is 0.474 bits per heavy atom.